The lowest BCUT2D eigenvalue weighted by atomic mass is 9.59. The molecule has 0 saturated carbocycles. The van der Waals surface area contributed by atoms with E-state index in [2.05, 4.69) is 255 Å². The first kappa shape index (κ1) is 38.5. The average Bonchev–Trinajstić information content (AvgIpc) is 3.82. The van der Waals surface area contributed by atoms with Gasteiger partial charge in [-0.15, -0.1) is 0 Å². The first-order valence-electron chi connectivity index (χ1n) is 23.8. The molecule has 0 N–H and O–H groups in total. The summed E-state index contributed by atoms with van der Waals surface area (Å²) < 4.78 is 2.45. The van der Waals surface area contributed by atoms with Crippen LogP contribution in [0.25, 0.3) is 60.5 Å². The first-order chi connectivity index (χ1) is 32.8. The molecule has 1 aliphatic heterocycles. The van der Waals surface area contributed by atoms with Crippen molar-refractivity contribution in [3.63, 3.8) is 0 Å². The minimum atomic E-state index is -2.37. The monoisotopic (exact) mass is 872 g/mol. The van der Waals surface area contributed by atoms with Gasteiger partial charge in [0.1, 0.15) is 8.07 Å². The summed E-state index contributed by atoms with van der Waals surface area (Å²) >= 11 is 0. The van der Waals surface area contributed by atoms with Crippen LogP contribution in [0.4, 0.5) is 17.1 Å². The second kappa shape index (κ2) is 13.7. The third-order valence-electron chi connectivity index (χ3n) is 16.0. The second-order valence-electron chi connectivity index (χ2n) is 20.0. The molecule has 318 valence electrons. The lowest BCUT2D eigenvalue weighted by Gasteiger charge is -2.50. The molecule has 0 radical (unpaired) electrons. The molecule has 1 atom stereocenters. The molecule has 2 nitrogen and oxygen atoms in total. The number of rotatable bonds is 4. The zero-order valence-corrected chi connectivity index (χ0v) is 39.2. The Balaban J connectivity index is 1.09. The van der Waals surface area contributed by atoms with Gasteiger partial charge in [-0.2, -0.15) is 0 Å². The first-order valence-corrected chi connectivity index (χ1v) is 26.8. The van der Waals surface area contributed by atoms with Gasteiger partial charge in [-0.1, -0.05) is 197 Å². The zero-order chi connectivity index (χ0) is 44.8. The molecular formula is C64H48N2Si. The van der Waals surface area contributed by atoms with Gasteiger partial charge in [0, 0.05) is 38.8 Å². The van der Waals surface area contributed by atoms with Crippen molar-refractivity contribution in [3.05, 3.63) is 252 Å². The van der Waals surface area contributed by atoms with Crippen LogP contribution in [0.3, 0.4) is 0 Å². The highest BCUT2D eigenvalue weighted by Crippen LogP contribution is 2.58. The molecular weight excluding hydrogens is 825 g/mol. The number of para-hydroxylation sites is 2. The van der Waals surface area contributed by atoms with Gasteiger partial charge in [0.2, 0.25) is 0 Å². The number of hydrogen-bond acceptors (Lipinski definition) is 1. The summed E-state index contributed by atoms with van der Waals surface area (Å²) in [6.45, 7) is 9.94. The summed E-state index contributed by atoms with van der Waals surface area (Å²) in [7, 11) is -2.37. The van der Waals surface area contributed by atoms with Gasteiger partial charge in [0.05, 0.1) is 22.1 Å². The van der Waals surface area contributed by atoms with E-state index in [1.165, 1.54) is 110 Å². The SMILES string of the molecule is CC1(C)c2ccccc2-c2c(N(c3ccc4c(c3)[Si](C)(C)c3ccccc3C43c4ccccc4-c4cccc5cccc3c45)c3ccc4c5ccccc5n(-c5ccccc5)c4c3)cccc21. The van der Waals surface area contributed by atoms with Gasteiger partial charge in [0.15, 0.2) is 0 Å². The van der Waals surface area contributed by atoms with Crippen molar-refractivity contribution in [2.75, 3.05) is 4.90 Å². The van der Waals surface area contributed by atoms with Crippen LogP contribution >= 0.6 is 0 Å². The van der Waals surface area contributed by atoms with E-state index in [0.29, 0.717) is 0 Å². The Bertz CT molecular complexity index is 3890. The van der Waals surface area contributed by atoms with Gasteiger partial charge < -0.3 is 9.47 Å². The van der Waals surface area contributed by atoms with E-state index in [1.54, 1.807) is 0 Å². The van der Waals surface area contributed by atoms with E-state index in [-0.39, 0.29) is 5.41 Å². The van der Waals surface area contributed by atoms with E-state index in [1.807, 2.05) is 0 Å². The van der Waals surface area contributed by atoms with Crippen LogP contribution in [-0.2, 0) is 10.8 Å². The molecule has 0 fully saturated rings. The highest BCUT2D eigenvalue weighted by molar-refractivity contribution is 7.01. The third-order valence-corrected chi connectivity index (χ3v) is 19.6. The van der Waals surface area contributed by atoms with Crippen LogP contribution in [0.1, 0.15) is 47.2 Å². The topological polar surface area (TPSA) is 8.17 Å². The van der Waals surface area contributed by atoms with E-state index < -0.39 is 13.5 Å². The molecule has 1 aromatic heterocycles. The summed E-state index contributed by atoms with van der Waals surface area (Å²) in [5.74, 6) is 0. The van der Waals surface area contributed by atoms with Crippen LogP contribution in [-0.4, -0.2) is 12.6 Å². The average molecular weight is 873 g/mol. The van der Waals surface area contributed by atoms with Gasteiger partial charge in [-0.3, -0.25) is 0 Å². The van der Waals surface area contributed by atoms with Gasteiger partial charge in [-0.25, -0.2) is 0 Å². The standard InChI is InChI=1S/C64H48N2Si/c1-63(2)50-27-11-9-25-49(50)62-54(63)30-18-33-57(62)65(43-35-37-47-46-24-10-14-32-56(46)66(58(47)39-43)42-21-6-5-7-22-42)44-36-38-53-60(40-44)67(3,4)59-34-15-13-29-52(59)64(53)51-28-12-8-23-45(51)48-26-16-19-41-20-17-31-55(64)61(41)48/h5-40H,1-4H3. The Kier molecular flexibility index (Phi) is 7.86. The number of aromatic nitrogens is 1. The zero-order valence-electron chi connectivity index (χ0n) is 38.2. The van der Waals surface area contributed by atoms with E-state index >= 15 is 0 Å². The summed E-state index contributed by atoms with van der Waals surface area (Å²) in [5, 5.41) is 8.13. The van der Waals surface area contributed by atoms with E-state index in [9.17, 15) is 0 Å². The number of fused-ring (bicyclic) bond motifs is 14. The third kappa shape index (κ3) is 4.99. The molecule has 0 saturated heterocycles. The summed E-state index contributed by atoms with van der Waals surface area (Å²) in [6.07, 6.45) is 0. The van der Waals surface area contributed by atoms with Crippen molar-refractivity contribution in [1.29, 1.82) is 0 Å². The Morgan fingerprint density at radius 1 is 0.418 bits per heavy atom. The van der Waals surface area contributed by atoms with Crippen molar-refractivity contribution in [2.24, 2.45) is 0 Å². The minimum absolute atomic E-state index is 0.149. The Morgan fingerprint density at radius 2 is 1.01 bits per heavy atom. The molecule has 1 spiro atoms. The van der Waals surface area contributed by atoms with Crippen LogP contribution in [0.15, 0.2) is 218 Å². The quantitative estimate of drug-likeness (QED) is 0.160. The van der Waals surface area contributed by atoms with Crippen LogP contribution in [0.2, 0.25) is 13.1 Å². The summed E-state index contributed by atoms with van der Waals surface area (Å²) in [5.41, 5.74) is 20.0. The lowest BCUT2D eigenvalue weighted by Crippen LogP contribution is -2.63. The predicted molar refractivity (Wildman–Crippen MR) is 285 cm³/mol. The van der Waals surface area contributed by atoms with Crippen molar-refractivity contribution < 1.29 is 0 Å². The molecule has 67 heavy (non-hydrogen) atoms. The molecule has 2 heterocycles. The molecule has 2 aliphatic carbocycles. The number of anilines is 3. The number of hydrogen-bond donors (Lipinski definition) is 0. The summed E-state index contributed by atoms with van der Waals surface area (Å²) in [6, 6.07) is 83.1. The smallest absolute Gasteiger partial charge is 0.113 e. The van der Waals surface area contributed by atoms with E-state index in [0.717, 1.165) is 11.4 Å². The molecule has 10 aromatic carbocycles. The maximum atomic E-state index is 2.62. The molecule has 11 aromatic rings. The minimum Gasteiger partial charge on any atom is -0.310 e. The second-order valence-corrected chi connectivity index (χ2v) is 24.3. The van der Waals surface area contributed by atoms with Crippen molar-refractivity contribution in [3.8, 4) is 27.9 Å². The van der Waals surface area contributed by atoms with Crippen LogP contribution < -0.4 is 15.3 Å². The van der Waals surface area contributed by atoms with Crippen molar-refractivity contribution in [2.45, 2.75) is 37.8 Å². The van der Waals surface area contributed by atoms with Gasteiger partial charge in [-0.05, 0) is 120 Å². The highest BCUT2D eigenvalue weighted by atomic mass is 28.3. The summed E-state index contributed by atoms with van der Waals surface area (Å²) in [4.78, 5) is 2.59. The Labute approximate surface area is 393 Å². The number of benzene rings is 10. The fourth-order valence-corrected chi connectivity index (χ4v) is 16.3. The molecule has 1 unspecified atom stereocenters. The normalized spacial score (nSPS) is 16.7. The molecule has 3 heteroatoms. The molecule has 3 aliphatic rings. The molecule has 0 amide bonds. The van der Waals surface area contributed by atoms with Crippen molar-refractivity contribution in [1.82, 2.24) is 4.57 Å². The Hall–Kier alpha value is -7.72. The van der Waals surface area contributed by atoms with Crippen molar-refractivity contribution >= 4 is 68.1 Å². The lowest BCUT2D eigenvalue weighted by molar-refractivity contribution is 0.660. The maximum Gasteiger partial charge on any atom is 0.113 e. The van der Waals surface area contributed by atoms with Crippen LogP contribution in [0.5, 0.6) is 0 Å². The van der Waals surface area contributed by atoms with Gasteiger partial charge >= 0.3 is 0 Å². The molecule has 14 rings (SSSR count). The fourth-order valence-electron chi connectivity index (χ4n) is 13.1. The fraction of sp³-hybridized carbons (Fsp3) is 0.0938. The highest BCUT2D eigenvalue weighted by Gasteiger charge is 2.53. The Morgan fingerprint density at radius 3 is 1.87 bits per heavy atom. The van der Waals surface area contributed by atoms with Gasteiger partial charge in [0.25, 0.3) is 0 Å². The molecule has 0 bridgehead atoms. The maximum absolute atomic E-state index is 2.62. The number of nitrogens with zero attached hydrogens (tertiary/aromatic N) is 2. The van der Waals surface area contributed by atoms with E-state index in [4.69, 9.17) is 0 Å². The van der Waals surface area contributed by atoms with Crippen LogP contribution in [0, 0.1) is 0 Å². The predicted octanol–water partition coefficient (Wildman–Crippen LogP) is 15.2. The largest absolute Gasteiger partial charge is 0.310 e.